The summed E-state index contributed by atoms with van der Waals surface area (Å²) in [5, 5.41) is 21.5. The van der Waals surface area contributed by atoms with Crippen molar-refractivity contribution in [3.63, 3.8) is 0 Å². The molecule has 9 nitrogen and oxygen atoms in total. The molecule has 0 aromatic heterocycles. The average molecular weight is 329 g/mol. The molecule has 0 spiro atoms. The van der Waals surface area contributed by atoms with Crippen LogP contribution >= 0.6 is 0 Å². The summed E-state index contributed by atoms with van der Waals surface area (Å²) in [5.41, 5.74) is 5.73. The second kappa shape index (κ2) is 6.81. The van der Waals surface area contributed by atoms with Crippen molar-refractivity contribution < 1.29 is 29.3 Å². The zero-order valence-electron chi connectivity index (χ0n) is 13.1. The Morgan fingerprint density at radius 2 is 2.13 bits per heavy atom. The maximum absolute atomic E-state index is 11.9. The molecule has 23 heavy (non-hydrogen) atoms. The van der Waals surface area contributed by atoms with Gasteiger partial charge in [0.05, 0.1) is 18.6 Å². The summed E-state index contributed by atoms with van der Waals surface area (Å²) in [7, 11) is 0. The van der Waals surface area contributed by atoms with Crippen LogP contribution in [-0.2, 0) is 19.1 Å². The Labute approximate surface area is 133 Å². The van der Waals surface area contributed by atoms with Crippen molar-refractivity contribution in [1.82, 2.24) is 10.2 Å². The Balaban J connectivity index is 1.99. The van der Waals surface area contributed by atoms with E-state index in [9.17, 15) is 19.5 Å². The van der Waals surface area contributed by atoms with Gasteiger partial charge in [0, 0.05) is 19.0 Å². The molecule has 0 aliphatic carbocycles. The number of nitrogens with zero attached hydrogens (tertiary/aromatic N) is 1. The number of nitrogens with one attached hydrogen (secondary N) is 1. The molecule has 5 unspecified atom stereocenters. The van der Waals surface area contributed by atoms with Crippen molar-refractivity contribution in [3.8, 4) is 0 Å². The van der Waals surface area contributed by atoms with Gasteiger partial charge in [-0.25, -0.2) is 4.79 Å². The van der Waals surface area contributed by atoms with E-state index in [2.05, 4.69) is 5.32 Å². The van der Waals surface area contributed by atoms with Gasteiger partial charge in [-0.05, 0) is 5.92 Å². The number of carbonyl (C=O) groups is 3. The summed E-state index contributed by atoms with van der Waals surface area (Å²) in [6.45, 7) is 3.71. The lowest BCUT2D eigenvalue weighted by atomic mass is 9.94. The minimum absolute atomic E-state index is 0.0630. The van der Waals surface area contributed by atoms with E-state index in [0.29, 0.717) is 0 Å². The highest BCUT2D eigenvalue weighted by atomic mass is 16.5. The third-order valence-corrected chi connectivity index (χ3v) is 4.39. The molecule has 2 aliphatic rings. The van der Waals surface area contributed by atoms with Gasteiger partial charge in [0.2, 0.25) is 11.8 Å². The lowest BCUT2D eigenvalue weighted by molar-refractivity contribution is -0.161. The number of nitrogens with two attached hydrogens (primary N) is 1. The van der Waals surface area contributed by atoms with E-state index in [4.69, 9.17) is 15.6 Å². The van der Waals surface area contributed by atoms with Crippen molar-refractivity contribution in [2.45, 2.75) is 44.7 Å². The average Bonchev–Trinajstić information content (AvgIpc) is 2.83. The summed E-state index contributed by atoms with van der Waals surface area (Å²) >= 11 is 0. The van der Waals surface area contributed by atoms with Crippen LogP contribution in [0.3, 0.4) is 0 Å². The van der Waals surface area contributed by atoms with Gasteiger partial charge in [-0.3, -0.25) is 9.59 Å². The van der Waals surface area contributed by atoms with Gasteiger partial charge in [0.15, 0.2) is 6.10 Å². The molecule has 2 amide bonds. The van der Waals surface area contributed by atoms with Crippen molar-refractivity contribution in [3.05, 3.63) is 0 Å². The Morgan fingerprint density at radius 3 is 2.61 bits per heavy atom. The first-order valence-corrected chi connectivity index (χ1v) is 7.61. The van der Waals surface area contributed by atoms with Gasteiger partial charge >= 0.3 is 5.97 Å². The van der Waals surface area contributed by atoms with E-state index < -0.39 is 36.0 Å². The molecule has 5 N–H and O–H groups in total. The number of hydrogen-bond donors (Lipinski definition) is 4. The van der Waals surface area contributed by atoms with Crippen molar-refractivity contribution >= 4 is 17.8 Å². The highest BCUT2D eigenvalue weighted by Gasteiger charge is 2.49. The molecule has 2 fully saturated rings. The van der Waals surface area contributed by atoms with Crippen LogP contribution in [0.25, 0.3) is 0 Å². The molecule has 0 radical (unpaired) electrons. The predicted molar refractivity (Wildman–Crippen MR) is 77.9 cm³/mol. The fourth-order valence-corrected chi connectivity index (χ4v) is 2.71. The number of aliphatic carboxylic acids is 1. The van der Waals surface area contributed by atoms with Crippen LogP contribution in [0.2, 0.25) is 0 Å². The summed E-state index contributed by atoms with van der Waals surface area (Å²) in [6.07, 6.45) is -2.45. The van der Waals surface area contributed by atoms with Gasteiger partial charge in [-0.1, -0.05) is 13.8 Å². The number of amides is 2. The van der Waals surface area contributed by atoms with E-state index in [0.717, 1.165) is 0 Å². The lowest BCUT2D eigenvalue weighted by Gasteiger charge is -2.31. The molecule has 5 atom stereocenters. The predicted octanol–water partition coefficient (Wildman–Crippen LogP) is -1.90. The van der Waals surface area contributed by atoms with E-state index in [1.807, 2.05) is 0 Å². The number of aliphatic hydroxyl groups excluding tert-OH is 1. The van der Waals surface area contributed by atoms with Gasteiger partial charge in [0.1, 0.15) is 6.23 Å². The standard InChI is InChI=1S/C14H23N3O6/c1-6(2)11(15)13(20)16-4-7(12(19)14(21)22)8-5-17-9(18)3-10(17)23-8/h6-8,10-12,19H,3-5,15H2,1-2H3,(H,16,20)(H,21,22). The van der Waals surface area contributed by atoms with Crippen molar-refractivity contribution in [2.75, 3.05) is 13.1 Å². The summed E-state index contributed by atoms with van der Waals surface area (Å²) < 4.78 is 5.60. The van der Waals surface area contributed by atoms with Crippen molar-refractivity contribution in [1.29, 1.82) is 0 Å². The van der Waals surface area contributed by atoms with E-state index in [1.54, 1.807) is 13.8 Å². The van der Waals surface area contributed by atoms with Gasteiger partial charge in [0.25, 0.3) is 0 Å². The van der Waals surface area contributed by atoms with Crippen LogP contribution in [0.15, 0.2) is 0 Å². The summed E-state index contributed by atoms with van der Waals surface area (Å²) in [4.78, 5) is 35.9. The molecular formula is C14H23N3O6. The zero-order chi connectivity index (χ0) is 17.3. The van der Waals surface area contributed by atoms with Gasteiger partial charge < -0.3 is 30.9 Å². The number of ether oxygens (including phenoxy) is 1. The minimum atomic E-state index is -1.70. The zero-order valence-corrected chi connectivity index (χ0v) is 13.1. The molecule has 2 rings (SSSR count). The maximum atomic E-state index is 11.9. The number of hydrogen-bond acceptors (Lipinski definition) is 6. The largest absolute Gasteiger partial charge is 0.479 e. The number of carbonyl (C=O) groups excluding carboxylic acids is 2. The monoisotopic (exact) mass is 329 g/mol. The second-order valence-electron chi connectivity index (χ2n) is 6.34. The molecule has 2 saturated heterocycles. The molecule has 0 saturated carbocycles. The van der Waals surface area contributed by atoms with Crippen LogP contribution in [0, 0.1) is 11.8 Å². The Bertz CT molecular complexity index is 497. The van der Waals surface area contributed by atoms with Crippen molar-refractivity contribution in [2.24, 2.45) is 17.6 Å². The quantitative estimate of drug-likeness (QED) is 0.400. The molecule has 130 valence electrons. The van der Waals surface area contributed by atoms with Gasteiger partial charge in [-0.15, -0.1) is 0 Å². The molecule has 0 aromatic carbocycles. The van der Waals surface area contributed by atoms with E-state index in [1.165, 1.54) is 4.90 Å². The number of aliphatic hydroxyl groups is 1. The molecule has 0 bridgehead atoms. The first-order valence-electron chi connectivity index (χ1n) is 7.61. The highest BCUT2D eigenvalue weighted by molar-refractivity contribution is 5.83. The van der Waals surface area contributed by atoms with E-state index >= 15 is 0 Å². The fourth-order valence-electron chi connectivity index (χ4n) is 2.71. The molecule has 9 heteroatoms. The molecular weight excluding hydrogens is 306 g/mol. The molecule has 2 heterocycles. The van der Waals surface area contributed by atoms with Crippen LogP contribution in [-0.4, -0.2) is 70.5 Å². The SMILES string of the molecule is CC(C)C(N)C(=O)NCC(C1CN2C(=O)CC2O1)C(O)C(=O)O. The van der Waals surface area contributed by atoms with E-state index in [-0.39, 0.29) is 37.6 Å². The van der Waals surface area contributed by atoms with Crippen LogP contribution in [0.5, 0.6) is 0 Å². The third kappa shape index (κ3) is 3.62. The normalized spacial score (nSPS) is 27.2. The minimum Gasteiger partial charge on any atom is -0.479 e. The number of carboxylic acid groups (broad SMARTS) is 1. The first kappa shape index (κ1) is 17.6. The number of carboxylic acids is 1. The summed E-state index contributed by atoms with van der Waals surface area (Å²) in [6, 6.07) is -0.719. The lowest BCUT2D eigenvalue weighted by Crippen LogP contribution is -2.50. The first-order chi connectivity index (χ1) is 10.7. The van der Waals surface area contributed by atoms with Crippen LogP contribution < -0.4 is 11.1 Å². The van der Waals surface area contributed by atoms with Crippen LogP contribution in [0.4, 0.5) is 0 Å². The number of rotatable bonds is 7. The highest BCUT2D eigenvalue weighted by Crippen LogP contribution is 2.32. The molecule has 2 aliphatic heterocycles. The molecule has 0 aromatic rings. The fraction of sp³-hybridized carbons (Fsp3) is 0.786. The van der Waals surface area contributed by atoms with Gasteiger partial charge in [-0.2, -0.15) is 0 Å². The summed E-state index contributed by atoms with van der Waals surface area (Å²) in [5.74, 6) is -2.82. The number of β-lactam (4-membered cyclic amide) rings is 1. The number of fused-ring (bicyclic) bond motifs is 1. The smallest absolute Gasteiger partial charge is 0.332 e. The van der Waals surface area contributed by atoms with Crippen LogP contribution in [0.1, 0.15) is 20.3 Å². The Hall–Kier alpha value is -1.71. The second-order valence-corrected chi connectivity index (χ2v) is 6.34. The Morgan fingerprint density at radius 1 is 1.48 bits per heavy atom. The topological polar surface area (TPSA) is 142 Å². The Kier molecular flexibility index (Phi) is 5.23. The third-order valence-electron chi connectivity index (χ3n) is 4.39. The maximum Gasteiger partial charge on any atom is 0.332 e.